The van der Waals surface area contributed by atoms with E-state index in [1.54, 1.807) is 22.5 Å². The van der Waals surface area contributed by atoms with Gasteiger partial charge in [-0.05, 0) is 49.1 Å². The number of hydrogen-bond donors (Lipinski definition) is 1. The SMILES string of the molecule is CCn1cc(C(=O)NC2CC2(C)c2ccc(F)cc2F)c(=O)c2cc(F)c(N3CCN(C(=O)CCc4ccccc4)CC3)cc21. The van der Waals surface area contributed by atoms with E-state index >= 15 is 4.39 Å². The van der Waals surface area contributed by atoms with E-state index < -0.39 is 40.2 Å². The molecule has 234 valence electrons. The molecule has 10 heteroatoms. The molecule has 2 fully saturated rings. The maximum Gasteiger partial charge on any atom is 0.257 e. The Balaban J connectivity index is 1.17. The Morgan fingerprint density at radius 3 is 2.38 bits per heavy atom. The Kier molecular flexibility index (Phi) is 8.16. The summed E-state index contributed by atoms with van der Waals surface area (Å²) in [6.07, 6.45) is 2.99. The first-order valence-electron chi connectivity index (χ1n) is 15.3. The second kappa shape index (κ2) is 12.1. The molecule has 2 amide bonds. The van der Waals surface area contributed by atoms with Crippen molar-refractivity contribution in [1.82, 2.24) is 14.8 Å². The predicted octanol–water partition coefficient (Wildman–Crippen LogP) is 5.18. The predicted molar refractivity (Wildman–Crippen MR) is 167 cm³/mol. The molecule has 1 saturated carbocycles. The van der Waals surface area contributed by atoms with Gasteiger partial charge in [0.25, 0.3) is 5.91 Å². The Hall–Kier alpha value is -4.60. The third-order valence-corrected chi connectivity index (χ3v) is 9.27. The van der Waals surface area contributed by atoms with E-state index in [1.807, 2.05) is 42.2 Å². The third-order valence-electron chi connectivity index (χ3n) is 9.27. The van der Waals surface area contributed by atoms with Gasteiger partial charge in [-0.3, -0.25) is 14.4 Å². The van der Waals surface area contributed by atoms with Crippen molar-refractivity contribution in [3.8, 4) is 0 Å². The number of carbonyl (C=O) groups is 2. The molecular formula is C35H35F3N4O3. The molecule has 2 heterocycles. The van der Waals surface area contributed by atoms with Crippen molar-refractivity contribution in [3.05, 3.63) is 111 Å². The average molecular weight is 617 g/mol. The molecule has 0 spiro atoms. The lowest BCUT2D eigenvalue weighted by atomic mass is 9.96. The van der Waals surface area contributed by atoms with Gasteiger partial charge in [0.1, 0.15) is 23.0 Å². The van der Waals surface area contributed by atoms with Gasteiger partial charge in [-0.1, -0.05) is 43.3 Å². The first-order valence-corrected chi connectivity index (χ1v) is 15.3. The van der Waals surface area contributed by atoms with Crippen molar-refractivity contribution >= 4 is 28.4 Å². The van der Waals surface area contributed by atoms with E-state index in [0.29, 0.717) is 68.8 Å². The van der Waals surface area contributed by atoms with Gasteiger partial charge in [0, 0.05) is 68.3 Å². The largest absolute Gasteiger partial charge is 0.366 e. The molecule has 1 aliphatic carbocycles. The van der Waals surface area contributed by atoms with E-state index in [2.05, 4.69) is 5.32 Å². The molecule has 1 aromatic heterocycles. The highest BCUT2D eigenvalue weighted by atomic mass is 19.1. The van der Waals surface area contributed by atoms with Crippen LogP contribution in [0.2, 0.25) is 0 Å². The summed E-state index contributed by atoms with van der Waals surface area (Å²) in [5.74, 6) is -2.50. The first-order chi connectivity index (χ1) is 21.6. The summed E-state index contributed by atoms with van der Waals surface area (Å²) in [5.41, 5.74) is 0.789. The Morgan fingerprint density at radius 2 is 1.69 bits per heavy atom. The van der Waals surface area contributed by atoms with Crippen LogP contribution >= 0.6 is 0 Å². The monoisotopic (exact) mass is 616 g/mol. The fourth-order valence-electron chi connectivity index (χ4n) is 6.38. The molecule has 45 heavy (non-hydrogen) atoms. The fraction of sp³-hybridized carbons (Fsp3) is 0.343. The van der Waals surface area contributed by atoms with Crippen molar-refractivity contribution < 1.29 is 22.8 Å². The molecule has 3 aromatic carbocycles. The lowest BCUT2D eigenvalue weighted by Crippen LogP contribution is -2.49. The number of rotatable bonds is 8. The molecule has 6 rings (SSSR count). The van der Waals surface area contributed by atoms with Crippen LogP contribution in [0.15, 0.2) is 71.7 Å². The summed E-state index contributed by atoms with van der Waals surface area (Å²) < 4.78 is 45.2. The van der Waals surface area contributed by atoms with Crippen molar-refractivity contribution in [1.29, 1.82) is 0 Å². The number of nitrogens with zero attached hydrogens (tertiary/aromatic N) is 3. The van der Waals surface area contributed by atoms with Gasteiger partial charge in [-0.15, -0.1) is 0 Å². The van der Waals surface area contributed by atoms with Crippen molar-refractivity contribution in [2.75, 3.05) is 31.1 Å². The van der Waals surface area contributed by atoms with E-state index in [-0.39, 0.29) is 16.9 Å². The van der Waals surface area contributed by atoms with Crippen LogP contribution in [-0.2, 0) is 23.2 Å². The second-order valence-corrected chi connectivity index (χ2v) is 12.1. The van der Waals surface area contributed by atoms with Crippen LogP contribution < -0.4 is 15.6 Å². The minimum Gasteiger partial charge on any atom is -0.366 e. The lowest BCUT2D eigenvalue weighted by molar-refractivity contribution is -0.131. The number of piperazine rings is 1. The summed E-state index contributed by atoms with van der Waals surface area (Å²) in [6.45, 7) is 5.89. The van der Waals surface area contributed by atoms with E-state index in [0.717, 1.165) is 11.6 Å². The Bertz CT molecular complexity index is 1840. The quantitative estimate of drug-likeness (QED) is 0.296. The molecule has 1 N–H and O–H groups in total. The fourth-order valence-corrected chi connectivity index (χ4v) is 6.38. The second-order valence-electron chi connectivity index (χ2n) is 12.1. The molecular weight excluding hydrogens is 581 g/mol. The van der Waals surface area contributed by atoms with Gasteiger partial charge in [0.05, 0.1) is 11.2 Å². The van der Waals surface area contributed by atoms with Crippen LogP contribution in [0.1, 0.15) is 48.2 Å². The molecule has 2 atom stereocenters. The minimum absolute atomic E-state index is 0.0671. The first kappa shape index (κ1) is 30.4. The van der Waals surface area contributed by atoms with Crippen LogP contribution in [0.4, 0.5) is 18.9 Å². The summed E-state index contributed by atoms with van der Waals surface area (Å²) in [4.78, 5) is 43.3. The molecule has 1 aliphatic heterocycles. The number of aromatic nitrogens is 1. The maximum atomic E-state index is 15.6. The minimum atomic E-state index is -0.731. The topological polar surface area (TPSA) is 74.7 Å². The maximum absolute atomic E-state index is 15.6. The van der Waals surface area contributed by atoms with E-state index in [4.69, 9.17) is 0 Å². The number of anilines is 1. The van der Waals surface area contributed by atoms with E-state index in [9.17, 15) is 23.2 Å². The van der Waals surface area contributed by atoms with Gasteiger partial charge < -0.3 is 19.7 Å². The number of carbonyl (C=O) groups excluding carboxylic acids is 2. The molecule has 2 unspecified atom stereocenters. The number of hydrogen-bond acceptors (Lipinski definition) is 4. The van der Waals surface area contributed by atoms with E-state index in [1.165, 1.54) is 24.4 Å². The third kappa shape index (κ3) is 5.93. The van der Waals surface area contributed by atoms with Gasteiger partial charge in [0.15, 0.2) is 0 Å². The number of amides is 2. The van der Waals surface area contributed by atoms with Crippen LogP contribution in [0.5, 0.6) is 0 Å². The van der Waals surface area contributed by atoms with Crippen LogP contribution in [-0.4, -0.2) is 53.5 Å². The van der Waals surface area contributed by atoms with Gasteiger partial charge in [-0.25, -0.2) is 13.2 Å². The summed E-state index contributed by atoms with van der Waals surface area (Å²) in [5, 5.41) is 2.91. The molecule has 0 bridgehead atoms. The summed E-state index contributed by atoms with van der Waals surface area (Å²) >= 11 is 0. The zero-order chi connectivity index (χ0) is 31.9. The van der Waals surface area contributed by atoms with Crippen LogP contribution in [0.25, 0.3) is 10.9 Å². The molecule has 2 aliphatic rings. The van der Waals surface area contributed by atoms with Crippen LogP contribution in [0, 0.1) is 17.5 Å². The van der Waals surface area contributed by atoms with Crippen molar-refractivity contribution in [2.24, 2.45) is 0 Å². The lowest BCUT2D eigenvalue weighted by Gasteiger charge is -2.36. The molecule has 4 aromatic rings. The highest BCUT2D eigenvalue weighted by Crippen LogP contribution is 2.49. The van der Waals surface area contributed by atoms with Crippen molar-refractivity contribution in [3.63, 3.8) is 0 Å². The van der Waals surface area contributed by atoms with Gasteiger partial charge >= 0.3 is 0 Å². The zero-order valence-electron chi connectivity index (χ0n) is 25.3. The number of benzene rings is 3. The standard InChI is InChI=1S/C35H35F3N4O3/c1-3-40-21-25(34(45)39-31-20-35(31,2)26-11-10-23(36)17-27(26)37)33(44)24-18-28(38)30(19-29(24)40)41-13-15-42(16-14-41)32(43)12-9-22-7-5-4-6-8-22/h4-8,10-11,17-19,21,31H,3,9,12-16,20H2,1-2H3,(H,39,45). The van der Waals surface area contributed by atoms with Crippen molar-refractivity contribution in [2.45, 2.75) is 51.1 Å². The Labute approximate surface area is 259 Å². The highest BCUT2D eigenvalue weighted by molar-refractivity contribution is 5.98. The van der Waals surface area contributed by atoms with Gasteiger partial charge in [-0.2, -0.15) is 0 Å². The molecule has 0 radical (unpaired) electrons. The molecule has 7 nitrogen and oxygen atoms in total. The van der Waals surface area contributed by atoms with Gasteiger partial charge in [0.2, 0.25) is 11.3 Å². The van der Waals surface area contributed by atoms with Crippen LogP contribution in [0.3, 0.4) is 0 Å². The zero-order valence-corrected chi connectivity index (χ0v) is 25.3. The highest BCUT2D eigenvalue weighted by Gasteiger charge is 2.53. The number of fused-ring (bicyclic) bond motifs is 1. The number of aryl methyl sites for hydroxylation is 2. The summed E-state index contributed by atoms with van der Waals surface area (Å²) in [6, 6.07) is 15.6. The average Bonchev–Trinajstić information content (AvgIpc) is 3.69. The number of halogens is 3. The Morgan fingerprint density at radius 1 is 0.956 bits per heavy atom. The smallest absolute Gasteiger partial charge is 0.257 e. The normalized spacial score (nSPS) is 19.5. The molecule has 1 saturated heterocycles. The number of nitrogens with one attached hydrogen (secondary N) is 1. The number of pyridine rings is 1. The summed E-state index contributed by atoms with van der Waals surface area (Å²) in [7, 11) is 0.